The van der Waals surface area contributed by atoms with Crippen LogP contribution in [-0.4, -0.2) is 6.10 Å². The van der Waals surface area contributed by atoms with Crippen LogP contribution in [0, 0.1) is 0 Å². The fraction of sp³-hybridized carbons (Fsp3) is 0.400. The van der Waals surface area contributed by atoms with Gasteiger partial charge in [0.25, 0.3) is 0 Å². The highest BCUT2D eigenvalue weighted by molar-refractivity contribution is 6.30. The quantitative estimate of drug-likeness (QED) is 0.576. The van der Waals surface area contributed by atoms with Crippen molar-refractivity contribution in [3.05, 3.63) is 53.1 Å². The molecule has 0 radical (unpaired) electrons. The third-order valence-corrected chi connectivity index (χ3v) is 4.19. The molecule has 2 rings (SSSR count). The van der Waals surface area contributed by atoms with Gasteiger partial charge >= 0.3 is 0 Å². The Balaban J connectivity index is 2.49. The van der Waals surface area contributed by atoms with Gasteiger partial charge in [0.15, 0.2) is 0 Å². The molecule has 0 N–H and O–H groups in total. The molecule has 0 amide bonds. The Morgan fingerprint density at radius 2 is 1.73 bits per heavy atom. The van der Waals surface area contributed by atoms with Gasteiger partial charge in [-0.05, 0) is 73.6 Å². The molecule has 2 heteroatoms. The lowest BCUT2D eigenvalue weighted by atomic mass is 9.87. The SMILES string of the molecule is CCC(CC)c1ccc(Cl)cc1-c1cccc(OC(C)C)c1. The molecule has 0 spiro atoms. The largest absolute Gasteiger partial charge is 0.491 e. The van der Waals surface area contributed by atoms with Crippen molar-refractivity contribution in [3.8, 4) is 16.9 Å². The number of hydrogen-bond acceptors (Lipinski definition) is 1. The summed E-state index contributed by atoms with van der Waals surface area (Å²) >= 11 is 6.25. The molecule has 0 fully saturated rings. The summed E-state index contributed by atoms with van der Waals surface area (Å²) in [6, 6.07) is 14.5. The Morgan fingerprint density at radius 1 is 1.00 bits per heavy atom. The first-order valence-electron chi connectivity index (χ1n) is 8.11. The third kappa shape index (κ3) is 4.04. The summed E-state index contributed by atoms with van der Waals surface area (Å²) in [5, 5.41) is 0.778. The van der Waals surface area contributed by atoms with E-state index < -0.39 is 0 Å². The number of ether oxygens (including phenoxy) is 1. The van der Waals surface area contributed by atoms with Crippen molar-refractivity contribution in [2.45, 2.75) is 52.6 Å². The highest BCUT2D eigenvalue weighted by atomic mass is 35.5. The molecular weight excluding hydrogens is 292 g/mol. The van der Waals surface area contributed by atoms with Gasteiger partial charge in [0.05, 0.1) is 6.10 Å². The van der Waals surface area contributed by atoms with E-state index in [0.29, 0.717) is 5.92 Å². The molecule has 0 unspecified atom stereocenters. The maximum atomic E-state index is 6.25. The van der Waals surface area contributed by atoms with Gasteiger partial charge in [0.2, 0.25) is 0 Å². The van der Waals surface area contributed by atoms with Crippen LogP contribution >= 0.6 is 11.6 Å². The molecule has 0 heterocycles. The Labute approximate surface area is 139 Å². The number of benzene rings is 2. The Morgan fingerprint density at radius 3 is 2.36 bits per heavy atom. The molecule has 0 bridgehead atoms. The number of rotatable bonds is 6. The molecular formula is C20H25ClO. The predicted octanol–water partition coefficient (Wildman–Crippen LogP) is 6.70. The van der Waals surface area contributed by atoms with Crippen molar-refractivity contribution < 1.29 is 4.74 Å². The van der Waals surface area contributed by atoms with Gasteiger partial charge in [-0.1, -0.05) is 43.6 Å². The Bertz CT molecular complexity index is 615. The number of hydrogen-bond donors (Lipinski definition) is 0. The monoisotopic (exact) mass is 316 g/mol. The summed E-state index contributed by atoms with van der Waals surface area (Å²) in [5.74, 6) is 1.46. The van der Waals surface area contributed by atoms with Gasteiger partial charge in [0, 0.05) is 5.02 Å². The maximum absolute atomic E-state index is 6.25. The molecule has 0 aromatic heterocycles. The molecule has 0 aliphatic carbocycles. The van der Waals surface area contributed by atoms with E-state index >= 15 is 0 Å². The highest BCUT2D eigenvalue weighted by Gasteiger charge is 2.14. The lowest BCUT2D eigenvalue weighted by molar-refractivity contribution is 0.242. The van der Waals surface area contributed by atoms with Crippen molar-refractivity contribution in [1.29, 1.82) is 0 Å². The molecule has 1 nitrogen and oxygen atoms in total. The standard InChI is InChI=1S/C20H25ClO/c1-5-15(6-2)19-11-10-17(21)13-20(19)16-8-7-9-18(12-16)22-14(3)4/h7-15H,5-6H2,1-4H3. The van der Waals surface area contributed by atoms with Crippen LogP contribution in [0.3, 0.4) is 0 Å². The summed E-state index contributed by atoms with van der Waals surface area (Å²) in [4.78, 5) is 0. The van der Waals surface area contributed by atoms with Crippen molar-refractivity contribution in [2.75, 3.05) is 0 Å². The maximum Gasteiger partial charge on any atom is 0.120 e. The first-order valence-corrected chi connectivity index (χ1v) is 8.49. The predicted molar refractivity (Wildman–Crippen MR) is 96.0 cm³/mol. The minimum Gasteiger partial charge on any atom is -0.491 e. The zero-order valence-electron chi connectivity index (χ0n) is 13.9. The molecule has 118 valence electrons. The molecule has 2 aromatic carbocycles. The molecule has 22 heavy (non-hydrogen) atoms. The normalized spacial score (nSPS) is 11.2. The smallest absolute Gasteiger partial charge is 0.120 e. The van der Waals surface area contributed by atoms with E-state index in [4.69, 9.17) is 16.3 Å². The molecule has 0 atom stereocenters. The summed E-state index contributed by atoms with van der Waals surface area (Å²) in [6.45, 7) is 8.57. The lowest BCUT2D eigenvalue weighted by Crippen LogP contribution is -2.05. The van der Waals surface area contributed by atoms with Crippen LogP contribution in [-0.2, 0) is 0 Å². The van der Waals surface area contributed by atoms with Crippen LogP contribution in [0.2, 0.25) is 5.02 Å². The van der Waals surface area contributed by atoms with Crippen LogP contribution in [0.15, 0.2) is 42.5 Å². The first kappa shape index (κ1) is 16.9. The number of halogens is 1. The van der Waals surface area contributed by atoms with Crippen molar-refractivity contribution >= 4 is 11.6 Å². The van der Waals surface area contributed by atoms with Gasteiger partial charge in [0.1, 0.15) is 5.75 Å². The van der Waals surface area contributed by atoms with Crippen LogP contribution in [0.1, 0.15) is 52.0 Å². The average Bonchev–Trinajstić information content (AvgIpc) is 2.49. The van der Waals surface area contributed by atoms with Gasteiger partial charge in [-0.25, -0.2) is 0 Å². The fourth-order valence-corrected chi connectivity index (χ4v) is 3.04. The van der Waals surface area contributed by atoms with Crippen LogP contribution in [0.5, 0.6) is 5.75 Å². The second-order valence-electron chi connectivity index (χ2n) is 5.94. The van der Waals surface area contributed by atoms with E-state index in [0.717, 1.165) is 23.6 Å². The topological polar surface area (TPSA) is 9.23 Å². The van der Waals surface area contributed by atoms with Crippen molar-refractivity contribution in [3.63, 3.8) is 0 Å². The highest BCUT2D eigenvalue weighted by Crippen LogP contribution is 2.36. The minimum absolute atomic E-state index is 0.174. The second kappa shape index (κ2) is 7.69. The van der Waals surface area contributed by atoms with Gasteiger partial charge < -0.3 is 4.74 Å². The Kier molecular flexibility index (Phi) is 5.90. The van der Waals surface area contributed by atoms with Crippen LogP contribution in [0.25, 0.3) is 11.1 Å². The summed E-state index contributed by atoms with van der Waals surface area (Å²) in [5.41, 5.74) is 3.76. The van der Waals surface area contributed by atoms with Crippen molar-refractivity contribution in [1.82, 2.24) is 0 Å². The molecule has 0 aliphatic rings. The summed E-state index contributed by atoms with van der Waals surface area (Å²) in [7, 11) is 0. The zero-order valence-corrected chi connectivity index (χ0v) is 14.7. The van der Waals surface area contributed by atoms with Gasteiger partial charge in [-0.2, -0.15) is 0 Å². The first-order chi connectivity index (χ1) is 10.5. The van der Waals surface area contributed by atoms with E-state index in [1.54, 1.807) is 0 Å². The van der Waals surface area contributed by atoms with Gasteiger partial charge in [-0.15, -0.1) is 0 Å². The van der Waals surface area contributed by atoms with E-state index in [-0.39, 0.29) is 6.10 Å². The van der Waals surface area contributed by atoms with E-state index in [2.05, 4.69) is 38.1 Å². The summed E-state index contributed by atoms with van der Waals surface area (Å²) < 4.78 is 5.83. The zero-order chi connectivity index (χ0) is 16.1. The fourth-order valence-electron chi connectivity index (χ4n) is 2.87. The molecule has 2 aromatic rings. The van der Waals surface area contributed by atoms with E-state index in [1.807, 2.05) is 32.0 Å². The van der Waals surface area contributed by atoms with Gasteiger partial charge in [-0.3, -0.25) is 0 Å². The molecule has 0 saturated heterocycles. The van der Waals surface area contributed by atoms with Crippen LogP contribution < -0.4 is 4.74 Å². The van der Waals surface area contributed by atoms with Crippen LogP contribution in [0.4, 0.5) is 0 Å². The minimum atomic E-state index is 0.174. The van der Waals surface area contributed by atoms with E-state index in [1.165, 1.54) is 16.7 Å². The lowest BCUT2D eigenvalue weighted by Gasteiger charge is -2.19. The van der Waals surface area contributed by atoms with Crippen molar-refractivity contribution in [2.24, 2.45) is 0 Å². The average molecular weight is 317 g/mol. The molecule has 0 aliphatic heterocycles. The molecule has 0 saturated carbocycles. The second-order valence-corrected chi connectivity index (χ2v) is 6.38. The Hall–Kier alpha value is -1.47. The third-order valence-electron chi connectivity index (χ3n) is 3.96. The van der Waals surface area contributed by atoms with E-state index in [9.17, 15) is 0 Å². The summed E-state index contributed by atoms with van der Waals surface area (Å²) in [6.07, 6.45) is 2.44.